The number of hydrogen-bond donors (Lipinski definition) is 0. The number of hydrogen-bond acceptors (Lipinski definition) is 0. The Balaban J connectivity index is 0.000000851. The van der Waals surface area contributed by atoms with Gasteiger partial charge in [0.25, 0.3) is 0 Å². The quantitative estimate of drug-likeness (QED) is 0.324. The van der Waals surface area contributed by atoms with Gasteiger partial charge in [0.05, 0.1) is 0 Å². The molecule has 222 valence electrons. The van der Waals surface area contributed by atoms with E-state index in [1.807, 2.05) is 27.7 Å². The van der Waals surface area contributed by atoms with Gasteiger partial charge in [-0.2, -0.15) is 0 Å². The predicted octanol–water partition coefficient (Wildman–Crippen LogP) is 12.9. The van der Waals surface area contributed by atoms with Crippen LogP contribution in [0.2, 0.25) is 0 Å². The summed E-state index contributed by atoms with van der Waals surface area (Å²) in [6.45, 7) is 36.4. The van der Waals surface area contributed by atoms with Gasteiger partial charge in [0.1, 0.15) is 0 Å². The molecule has 0 nitrogen and oxygen atoms in total. The van der Waals surface area contributed by atoms with Gasteiger partial charge in [-0.3, -0.25) is 0 Å². The Kier molecular flexibility index (Phi) is 17.3. The molecule has 0 aromatic rings. The van der Waals surface area contributed by atoms with Crippen molar-refractivity contribution < 1.29 is 0 Å². The number of unbranched alkanes of at least 4 members (excludes halogenated alkanes) is 1. The summed E-state index contributed by atoms with van der Waals surface area (Å²) < 4.78 is 0. The molecule has 10 atom stereocenters. The number of rotatable bonds is 4. The Morgan fingerprint density at radius 2 is 1.19 bits per heavy atom. The van der Waals surface area contributed by atoms with Crippen molar-refractivity contribution in [3.63, 3.8) is 0 Å². The van der Waals surface area contributed by atoms with Gasteiger partial charge >= 0.3 is 0 Å². The maximum Gasteiger partial charge on any atom is -0.0261 e. The van der Waals surface area contributed by atoms with Crippen LogP contribution in [0.15, 0.2) is 13.2 Å². The molecule has 0 saturated heterocycles. The highest BCUT2D eigenvalue weighted by Gasteiger charge is 2.62. The summed E-state index contributed by atoms with van der Waals surface area (Å²) in [7, 11) is 0. The summed E-state index contributed by atoms with van der Waals surface area (Å²) in [6.07, 6.45) is 16.3. The third-order valence-electron chi connectivity index (χ3n) is 11.7. The topological polar surface area (TPSA) is 0 Å². The molecule has 4 fully saturated rings. The van der Waals surface area contributed by atoms with Crippen LogP contribution in [0.25, 0.3) is 0 Å². The van der Waals surface area contributed by atoms with Gasteiger partial charge in [-0.15, -0.1) is 13.2 Å². The van der Waals surface area contributed by atoms with Crippen molar-refractivity contribution >= 4 is 0 Å². The molecular weight excluding hydrogens is 444 g/mol. The first kappa shape index (κ1) is 36.7. The Labute approximate surface area is 237 Å². The van der Waals surface area contributed by atoms with E-state index in [1.54, 1.807) is 19.3 Å². The van der Waals surface area contributed by atoms with Crippen molar-refractivity contribution in [1.29, 1.82) is 0 Å². The van der Waals surface area contributed by atoms with E-state index in [0.717, 1.165) is 53.3 Å². The zero-order chi connectivity index (χ0) is 29.0. The normalized spacial score (nSPS) is 41.5. The van der Waals surface area contributed by atoms with E-state index in [4.69, 9.17) is 0 Å². The maximum atomic E-state index is 3.00. The Hall–Kier alpha value is -0.260. The molecule has 4 aliphatic carbocycles. The zero-order valence-corrected chi connectivity index (χ0v) is 28.4. The summed E-state index contributed by atoms with van der Waals surface area (Å²) in [5, 5.41) is 0. The largest absolute Gasteiger partial charge is 0.106 e. The average molecular weight is 519 g/mol. The van der Waals surface area contributed by atoms with Crippen molar-refractivity contribution in [3.05, 3.63) is 13.2 Å². The zero-order valence-electron chi connectivity index (χ0n) is 28.4. The van der Waals surface area contributed by atoms with Gasteiger partial charge in [-0.05, 0) is 109 Å². The van der Waals surface area contributed by atoms with Crippen LogP contribution in [0.4, 0.5) is 0 Å². The van der Waals surface area contributed by atoms with Crippen LogP contribution in [0, 0.1) is 64.1 Å². The van der Waals surface area contributed by atoms with Gasteiger partial charge in [-0.1, -0.05) is 116 Å². The monoisotopic (exact) mass is 519 g/mol. The molecule has 0 bridgehead atoms. The fourth-order valence-corrected chi connectivity index (χ4v) is 9.89. The van der Waals surface area contributed by atoms with Gasteiger partial charge in [0.2, 0.25) is 0 Å². The second-order valence-electron chi connectivity index (χ2n) is 13.8. The van der Waals surface area contributed by atoms with Crippen molar-refractivity contribution in [2.24, 2.45) is 64.1 Å². The third-order valence-corrected chi connectivity index (χ3v) is 11.7. The molecule has 0 aromatic carbocycles. The lowest BCUT2D eigenvalue weighted by Gasteiger charge is -2.63. The molecule has 4 saturated carbocycles. The first-order valence-corrected chi connectivity index (χ1v) is 17.1. The molecule has 4 rings (SSSR count). The van der Waals surface area contributed by atoms with Gasteiger partial charge in [0.15, 0.2) is 0 Å². The van der Waals surface area contributed by atoms with E-state index >= 15 is 0 Å². The standard InChI is InChI=1S/C24H42.C7H16.2C2H6.C2H4/c1-7-18-16(3)14-24(6)20(18)9-11-21-22(24)10-8-19-17(4)15(2)12-13-23(19,21)5;1-4-5-6-7(2)3;3*1-2/h15-22H,7-14H2,1-6H3;7H,4-6H2,1-3H3;2*1-2H3;1-2H2. The third kappa shape index (κ3) is 8.13. The van der Waals surface area contributed by atoms with E-state index < -0.39 is 0 Å². The predicted molar refractivity (Wildman–Crippen MR) is 172 cm³/mol. The van der Waals surface area contributed by atoms with Crippen molar-refractivity contribution in [2.45, 2.75) is 161 Å². The Morgan fingerprint density at radius 3 is 1.65 bits per heavy atom. The smallest absolute Gasteiger partial charge is 0.0261 e. The minimum absolute atomic E-state index is 0.663. The Morgan fingerprint density at radius 1 is 0.703 bits per heavy atom. The molecule has 0 heteroatoms. The summed E-state index contributed by atoms with van der Waals surface area (Å²) in [5.41, 5.74) is 1.33. The highest BCUT2D eigenvalue weighted by molar-refractivity contribution is 5.11. The van der Waals surface area contributed by atoms with E-state index in [9.17, 15) is 0 Å². The summed E-state index contributed by atoms with van der Waals surface area (Å²) >= 11 is 0. The van der Waals surface area contributed by atoms with Gasteiger partial charge < -0.3 is 0 Å². The van der Waals surface area contributed by atoms with Crippen molar-refractivity contribution in [2.75, 3.05) is 0 Å². The van der Waals surface area contributed by atoms with Crippen LogP contribution in [-0.2, 0) is 0 Å². The fourth-order valence-electron chi connectivity index (χ4n) is 9.89. The summed E-state index contributed by atoms with van der Waals surface area (Å²) in [6, 6.07) is 0. The molecule has 10 unspecified atom stereocenters. The van der Waals surface area contributed by atoms with Crippen molar-refractivity contribution in [1.82, 2.24) is 0 Å². The molecule has 0 spiro atoms. The van der Waals surface area contributed by atoms with E-state index in [1.165, 1.54) is 51.4 Å². The molecule has 0 N–H and O–H groups in total. The van der Waals surface area contributed by atoms with Gasteiger partial charge in [-0.25, -0.2) is 0 Å². The highest BCUT2D eigenvalue weighted by atomic mass is 14.7. The lowest BCUT2D eigenvalue weighted by Crippen LogP contribution is -2.56. The molecular formula is C37H74. The molecule has 0 aliphatic heterocycles. The Bertz CT molecular complexity index is 559. The van der Waals surface area contributed by atoms with Crippen LogP contribution >= 0.6 is 0 Å². The minimum Gasteiger partial charge on any atom is -0.106 e. The van der Waals surface area contributed by atoms with E-state index in [2.05, 4.69) is 75.5 Å². The second kappa shape index (κ2) is 17.4. The molecule has 4 aliphatic rings. The second-order valence-corrected chi connectivity index (χ2v) is 13.8. The van der Waals surface area contributed by atoms with Gasteiger partial charge in [0, 0.05) is 0 Å². The minimum atomic E-state index is 0.663. The van der Waals surface area contributed by atoms with Crippen LogP contribution in [0.3, 0.4) is 0 Å². The maximum absolute atomic E-state index is 3.00. The fraction of sp³-hybridized carbons (Fsp3) is 0.946. The average Bonchev–Trinajstić information content (AvgIpc) is 3.18. The number of fused-ring (bicyclic) bond motifs is 5. The van der Waals surface area contributed by atoms with E-state index in [-0.39, 0.29) is 0 Å². The molecule has 0 aromatic heterocycles. The van der Waals surface area contributed by atoms with E-state index in [0.29, 0.717) is 10.8 Å². The lowest BCUT2D eigenvalue weighted by atomic mass is 9.42. The first-order chi connectivity index (χ1) is 17.6. The molecule has 0 radical (unpaired) electrons. The lowest BCUT2D eigenvalue weighted by molar-refractivity contribution is -0.143. The highest BCUT2D eigenvalue weighted by Crippen LogP contribution is 2.70. The van der Waals surface area contributed by atoms with Crippen LogP contribution in [-0.4, -0.2) is 0 Å². The van der Waals surface area contributed by atoms with Crippen LogP contribution in [0.1, 0.15) is 161 Å². The summed E-state index contributed by atoms with van der Waals surface area (Å²) in [4.78, 5) is 0. The molecule has 37 heavy (non-hydrogen) atoms. The van der Waals surface area contributed by atoms with Crippen LogP contribution < -0.4 is 0 Å². The van der Waals surface area contributed by atoms with Crippen molar-refractivity contribution in [3.8, 4) is 0 Å². The van der Waals surface area contributed by atoms with Crippen LogP contribution in [0.5, 0.6) is 0 Å². The molecule has 0 amide bonds. The summed E-state index contributed by atoms with van der Waals surface area (Å²) in [5.74, 6) is 8.95. The first-order valence-electron chi connectivity index (χ1n) is 17.1. The molecule has 0 heterocycles. The SMILES string of the molecule is C=C.CC.CC.CCC1C(C)CC2(C)C1CCC1C2CCC2C(C)C(C)CCC21C.CCCCC(C)C.